The number of nitrogens with one attached hydrogen (secondary N) is 1. The summed E-state index contributed by atoms with van der Waals surface area (Å²) in [5.74, 6) is 1.91. The quantitative estimate of drug-likeness (QED) is 0.926. The van der Waals surface area contributed by atoms with Crippen molar-refractivity contribution in [1.29, 1.82) is 0 Å². The highest BCUT2D eigenvalue weighted by Crippen LogP contribution is 2.29. The average Bonchev–Trinajstić information content (AvgIpc) is 2.83. The highest BCUT2D eigenvalue weighted by Gasteiger charge is 2.22. The summed E-state index contributed by atoms with van der Waals surface area (Å²) in [6.45, 7) is 3.97. The zero-order valence-electron chi connectivity index (χ0n) is 11.9. The van der Waals surface area contributed by atoms with E-state index in [2.05, 4.69) is 20.2 Å². The first-order valence-electron chi connectivity index (χ1n) is 7.03. The molecule has 0 saturated carbocycles. The van der Waals surface area contributed by atoms with E-state index in [1.807, 2.05) is 18.4 Å². The average molecular weight is 326 g/mol. The van der Waals surface area contributed by atoms with Crippen LogP contribution in [0.5, 0.6) is 0 Å². The van der Waals surface area contributed by atoms with E-state index in [-0.39, 0.29) is 11.5 Å². The highest BCUT2D eigenvalue weighted by atomic mass is 32.2. The van der Waals surface area contributed by atoms with Gasteiger partial charge in [-0.3, -0.25) is 0 Å². The van der Waals surface area contributed by atoms with Gasteiger partial charge < -0.3 is 10.2 Å². The van der Waals surface area contributed by atoms with Gasteiger partial charge in [0.2, 0.25) is 5.95 Å². The summed E-state index contributed by atoms with van der Waals surface area (Å²) >= 11 is 1.57. The number of fused-ring (bicyclic) bond motifs is 1. The summed E-state index contributed by atoms with van der Waals surface area (Å²) < 4.78 is 23.5. The second kappa shape index (κ2) is 5.76. The Labute approximate surface area is 128 Å². The molecule has 2 aromatic rings. The normalized spacial score (nSPS) is 18.6. The Kier molecular flexibility index (Phi) is 3.99. The van der Waals surface area contributed by atoms with E-state index in [1.54, 1.807) is 11.3 Å². The van der Waals surface area contributed by atoms with Crippen molar-refractivity contribution in [2.24, 2.45) is 0 Å². The molecule has 0 atom stereocenters. The summed E-state index contributed by atoms with van der Waals surface area (Å²) in [4.78, 5) is 12.1. The van der Waals surface area contributed by atoms with Crippen molar-refractivity contribution in [2.75, 3.05) is 41.4 Å². The van der Waals surface area contributed by atoms with Gasteiger partial charge in [-0.2, -0.15) is 4.98 Å². The van der Waals surface area contributed by atoms with Crippen molar-refractivity contribution in [3.8, 4) is 0 Å². The summed E-state index contributed by atoms with van der Waals surface area (Å²) in [5, 5.41) is 6.13. The van der Waals surface area contributed by atoms with Crippen molar-refractivity contribution < 1.29 is 8.42 Å². The molecule has 21 heavy (non-hydrogen) atoms. The SMILES string of the molecule is CCNc1nc(N2CCCS(=O)(=O)CC2)c2ccsc2n1. The van der Waals surface area contributed by atoms with Gasteiger partial charge in [-0.25, -0.2) is 13.4 Å². The number of sulfone groups is 1. The number of aromatic nitrogens is 2. The van der Waals surface area contributed by atoms with E-state index < -0.39 is 9.84 Å². The third kappa shape index (κ3) is 3.11. The molecule has 0 aliphatic carbocycles. The van der Waals surface area contributed by atoms with Crippen LogP contribution in [0.15, 0.2) is 11.4 Å². The van der Waals surface area contributed by atoms with Crippen LogP contribution in [0.1, 0.15) is 13.3 Å². The molecule has 0 unspecified atom stereocenters. The zero-order chi connectivity index (χ0) is 14.9. The minimum absolute atomic E-state index is 0.194. The zero-order valence-corrected chi connectivity index (χ0v) is 13.5. The maximum absolute atomic E-state index is 11.8. The molecule has 3 rings (SSSR count). The number of nitrogens with zero attached hydrogens (tertiary/aromatic N) is 3. The van der Waals surface area contributed by atoms with Crippen molar-refractivity contribution in [3.05, 3.63) is 11.4 Å². The largest absolute Gasteiger partial charge is 0.355 e. The first kappa shape index (κ1) is 14.5. The molecule has 6 nitrogen and oxygen atoms in total. The highest BCUT2D eigenvalue weighted by molar-refractivity contribution is 7.91. The van der Waals surface area contributed by atoms with Crippen LogP contribution in [0.3, 0.4) is 0 Å². The third-order valence-electron chi connectivity index (χ3n) is 3.49. The molecule has 1 aliphatic heterocycles. The second-order valence-corrected chi connectivity index (χ2v) is 8.23. The van der Waals surface area contributed by atoms with Gasteiger partial charge in [-0.15, -0.1) is 11.3 Å². The van der Waals surface area contributed by atoms with E-state index in [0.717, 1.165) is 22.6 Å². The van der Waals surface area contributed by atoms with Crippen molar-refractivity contribution in [2.45, 2.75) is 13.3 Å². The van der Waals surface area contributed by atoms with Crippen LogP contribution in [0.2, 0.25) is 0 Å². The van der Waals surface area contributed by atoms with E-state index in [9.17, 15) is 8.42 Å². The first-order chi connectivity index (χ1) is 10.1. The summed E-state index contributed by atoms with van der Waals surface area (Å²) in [6.07, 6.45) is 0.647. The molecule has 0 amide bonds. The van der Waals surface area contributed by atoms with Gasteiger partial charge in [0, 0.05) is 19.6 Å². The lowest BCUT2D eigenvalue weighted by Crippen LogP contribution is -2.28. The maximum atomic E-state index is 11.8. The van der Waals surface area contributed by atoms with Gasteiger partial charge in [-0.1, -0.05) is 0 Å². The smallest absolute Gasteiger partial charge is 0.226 e. The molecule has 1 fully saturated rings. The number of thiophene rings is 1. The van der Waals surface area contributed by atoms with E-state index in [0.29, 0.717) is 25.5 Å². The molecule has 1 aliphatic rings. The van der Waals surface area contributed by atoms with Crippen molar-refractivity contribution in [1.82, 2.24) is 9.97 Å². The van der Waals surface area contributed by atoms with Gasteiger partial charge in [-0.05, 0) is 24.8 Å². The van der Waals surface area contributed by atoms with Crippen molar-refractivity contribution >= 4 is 43.2 Å². The minimum Gasteiger partial charge on any atom is -0.355 e. The van der Waals surface area contributed by atoms with Crippen molar-refractivity contribution in [3.63, 3.8) is 0 Å². The van der Waals surface area contributed by atoms with Crippen LogP contribution < -0.4 is 10.2 Å². The summed E-state index contributed by atoms with van der Waals surface area (Å²) in [6, 6.07) is 2.00. The Morgan fingerprint density at radius 3 is 3.00 bits per heavy atom. The Bertz CT molecular complexity index is 742. The molecule has 8 heteroatoms. The van der Waals surface area contributed by atoms with Gasteiger partial charge in [0.15, 0.2) is 9.84 Å². The fourth-order valence-electron chi connectivity index (χ4n) is 2.47. The molecule has 114 valence electrons. The summed E-state index contributed by atoms with van der Waals surface area (Å²) in [7, 11) is -2.92. The molecule has 0 spiro atoms. The van der Waals surface area contributed by atoms with Crippen LogP contribution in [0.25, 0.3) is 10.2 Å². The van der Waals surface area contributed by atoms with Gasteiger partial charge in [0.1, 0.15) is 10.6 Å². The topological polar surface area (TPSA) is 75.2 Å². The molecular weight excluding hydrogens is 308 g/mol. The predicted octanol–water partition coefficient (Wildman–Crippen LogP) is 1.75. The monoisotopic (exact) mass is 326 g/mol. The fraction of sp³-hybridized carbons (Fsp3) is 0.538. The standard InChI is InChI=1S/C13H18N4O2S2/c1-2-14-13-15-11(10-4-7-20-12(10)16-13)17-5-3-8-21(18,19)9-6-17/h4,7H,2-3,5-6,8-9H2,1H3,(H,14,15,16). The number of hydrogen-bond donors (Lipinski definition) is 1. The summed E-state index contributed by atoms with van der Waals surface area (Å²) in [5.41, 5.74) is 0. The Hall–Kier alpha value is -1.41. The number of rotatable bonds is 3. The lowest BCUT2D eigenvalue weighted by Gasteiger charge is -2.22. The Morgan fingerprint density at radius 2 is 2.19 bits per heavy atom. The Balaban J connectivity index is 2.00. The molecule has 1 N–H and O–H groups in total. The van der Waals surface area contributed by atoms with Gasteiger partial charge in [0.05, 0.1) is 16.9 Å². The predicted molar refractivity (Wildman–Crippen MR) is 87.1 cm³/mol. The van der Waals surface area contributed by atoms with Crippen LogP contribution in [0, 0.1) is 0 Å². The van der Waals surface area contributed by atoms with Crippen LogP contribution >= 0.6 is 11.3 Å². The molecule has 2 aromatic heterocycles. The molecular formula is C13H18N4O2S2. The molecule has 0 bridgehead atoms. The van der Waals surface area contributed by atoms with Gasteiger partial charge in [0.25, 0.3) is 0 Å². The second-order valence-electron chi connectivity index (χ2n) is 5.03. The molecule has 3 heterocycles. The first-order valence-corrected chi connectivity index (χ1v) is 9.73. The lowest BCUT2D eigenvalue weighted by atomic mass is 10.3. The fourth-order valence-corrected chi connectivity index (χ4v) is 4.50. The maximum Gasteiger partial charge on any atom is 0.226 e. The molecule has 0 radical (unpaired) electrons. The van der Waals surface area contributed by atoms with Crippen LogP contribution in [-0.4, -0.2) is 49.5 Å². The van der Waals surface area contributed by atoms with Gasteiger partial charge >= 0.3 is 0 Å². The van der Waals surface area contributed by atoms with E-state index in [1.165, 1.54) is 0 Å². The van der Waals surface area contributed by atoms with E-state index in [4.69, 9.17) is 0 Å². The van der Waals surface area contributed by atoms with Crippen LogP contribution in [-0.2, 0) is 9.84 Å². The van der Waals surface area contributed by atoms with E-state index >= 15 is 0 Å². The molecule has 0 aromatic carbocycles. The third-order valence-corrected chi connectivity index (χ3v) is 6.02. The Morgan fingerprint density at radius 1 is 1.33 bits per heavy atom. The number of hydrogen-bond acceptors (Lipinski definition) is 7. The lowest BCUT2D eigenvalue weighted by molar-refractivity contribution is 0.597. The van der Waals surface area contributed by atoms with Crippen LogP contribution in [0.4, 0.5) is 11.8 Å². The molecule has 1 saturated heterocycles. The number of anilines is 2. The minimum atomic E-state index is -2.92.